The Balaban J connectivity index is 2.25. The summed E-state index contributed by atoms with van der Waals surface area (Å²) in [5, 5.41) is 3.37. The Kier molecular flexibility index (Phi) is 4.53. The molecule has 2 aromatic rings. The molecular weight excluding hydrogens is 278 g/mol. The van der Waals surface area contributed by atoms with Crippen molar-refractivity contribution in [1.82, 2.24) is 9.97 Å². The highest BCUT2D eigenvalue weighted by Crippen LogP contribution is 2.23. The van der Waals surface area contributed by atoms with Gasteiger partial charge in [-0.25, -0.2) is 14.8 Å². The predicted octanol–water partition coefficient (Wildman–Crippen LogP) is 3.36. The average molecular weight is 292 g/mol. The van der Waals surface area contributed by atoms with E-state index in [-0.39, 0.29) is 0 Å². The first-order valence-corrected chi connectivity index (χ1v) is 6.51. The molecule has 1 aromatic heterocycles. The van der Waals surface area contributed by atoms with Crippen molar-refractivity contribution in [3.63, 3.8) is 0 Å². The summed E-state index contributed by atoms with van der Waals surface area (Å²) >= 11 is 6.00. The number of ether oxygens (including phenoxy) is 1. The van der Waals surface area contributed by atoms with Gasteiger partial charge in [0.15, 0.2) is 0 Å². The summed E-state index contributed by atoms with van der Waals surface area (Å²) in [6.07, 6.45) is 1.66. The highest BCUT2D eigenvalue weighted by Gasteiger charge is 2.12. The number of halogens is 1. The lowest BCUT2D eigenvalue weighted by Crippen LogP contribution is -2.06. The Bertz CT molecular complexity index is 632. The standard InChI is InChI=1S/C14H14ClN3O2/c1-3-20-13(19)11-8-10(4-5-12(11)15)18-14-16-7-6-9(2)17-14/h4-8H,3H2,1-2H3,(H,16,17,18). The first-order chi connectivity index (χ1) is 9.60. The molecule has 1 aromatic carbocycles. The fraction of sp³-hybridized carbons (Fsp3) is 0.214. The summed E-state index contributed by atoms with van der Waals surface area (Å²) < 4.78 is 4.95. The van der Waals surface area contributed by atoms with Crippen molar-refractivity contribution in [2.24, 2.45) is 0 Å². The molecule has 0 bridgehead atoms. The second kappa shape index (κ2) is 6.34. The zero-order valence-electron chi connectivity index (χ0n) is 11.2. The number of aromatic nitrogens is 2. The van der Waals surface area contributed by atoms with Gasteiger partial charge in [0.2, 0.25) is 5.95 Å². The largest absolute Gasteiger partial charge is 0.462 e. The highest BCUT2D eigenvalue weighted by molar-refractivity contribution is 6.33. The number of nitrogens with zero attached hydrogens (tertiary/aromatic N) is 2. The summed E-state index contributed by atoms with van der Waals surface area (Å²) in [4.78, 5) is 20.1. The molecule has 0 saturated carbocycles. The molecule has 20 heavy (non-hydrogen) atoms. The van der Waals surface area contributed by atoms with E-state index in [2.05, 4.69) is 15.3 Å². The van der Waals surface area contributed by atoms with Crippen LogP contribution in [0.5, 0.6) is 0 Å². The molecule has 0 spiro atoms. The van der Waals surface area contributed by atoms with Crippen LogP contribution in [-0.2, 0) is 4.74 Å². The highest BCUT2D eigenvalue weighted by atomic mass is 35.5. The van der Waals surface area contributed by atoms with Crippen LogP contribution >= 0.6 is 11.6 Å². The van der Waals surface area contributed by atoms with Gasteiger partial charge in [-0.05, 0) is 38.1 Å². The van der Waals surface area contributed by atoms with Crippen molar-refractivity contribution in [3.8, 4) is 0 Å². The zero-order valence-corrected chi connectivity index (χ0v) is 11.9. The van der Waals surface area contributed by atoms with Gasteiger partial charge in [-0.2, -0.15) is 0 Å². The molecule has 0 unspecified atom stereocenters. The maximum atomic E-state index is 11.8. The van der Waals surface area contributed by atoms with Crippen molar-refractivity contribution < 1.29 is 9.53 Å². The monoisotopic (exact) mass is 291 g/mol. The van der Waals surface area contributed by atoms with Gasteiger partial charge >= 0.3 is 5.97 Å². The Morgan fingerprint density at radius 1 is 1.40 bits per heavy atom. The molecule has 0 saturated heterocycles. The first kappa shape index (κ1) is 14.3. The number of benzene rings is 1. The van der Waals surface area contributed by atoms with Gasteiger partial charge < -0.3 is 10.1 Å². The molecule has 0 aliphatic carbocycles. The Labute approximate surface area is 122 Å². The van der Waals surface area contributed by atoms with E-state index < -0.39 is 5.97 Å². The second-order valence-electron chi connectivity index (χ2n) is 4.06. The Morgan fingerprint density at radius 2 is 2.20 bits per heavy atom. The molecule has 5 nitrogen and oxygen atoms in total. The summed E-state index contributed by atoms with van der Waals surface area (Å²) in [5.74, 6) is 0.00782. The number of aryl methyl sites for hydroxylation is 1. The van der Waals surface area contributed by atoms with E-state index in [1.165, 1.54) is 0 Å². The van der Waals surface area contributed by atoms with E-state index in [0.29, 0.717) is 28.8 Å². The van der Waals surface area contributed by atoms with Crippen LogP contribution in [0.2, 0.25) is 5.02 Å². The van der Waals surface area contributed by atoms with Gasteiger partial charge in [0.05, 0.1) is 17.2 Å². The molecule has 0 atom stereocenters. The molecule has 0 aliphatic heterocycles. The number of carbonyl (C=O) groups is 1. The maximum absolute atomic E-state index is 11.8. The van der Waals surface area contributed by atoms with Crippen LogP contribution < -0.4 is 5.32 Å². The van der Waals surface area contributed by atoms with Crippen LogP contribution in [0.1, 0.15) is 23.0 Å². The molecule has 0 radical (unpaired) electrons. The lowest BCUT2D eigenvalue weighted by Gasteiger charge is -2.08. The van der Waals surface area contributed by atoms with E-state index in [0.717, 1.165) is 5.69 Å². The SMILES string of the molecule is CCOC(=O)c1cc(Nc2nccc(C)n2)ccc1Cl. The number of hydrogen-bond acceptors (Lipinski definition) is 5. The summed E-state index contributed by atoms with van der Waals surface area (Å²) in [7, 11) is 0. The number of esters is 1. The summed E-state index contributed by atoms with van der Waals surface area (Å²) in [5.41, 5.74) is 1.83. The average Bonchev–Trinajstić information content (AvgIpc) is 2.41. The minimum Gasteiger partial charge on any atom is -0.462 e. The van der Waals surface area contributed by atoms with Crippen LogP contribution in [0.25, 0.3) is 0 Å². The summed E-state index contributed by atoms with van der Waals surface area (Å²) in [6.45, 7) is 3.92. The fourth-order valence-corrected chi connectivity index (χ4v) is 1.80. The third-order valence-electron chi connectivity index (χ3n) is 2.51. The number of rotatable bonds is 4. The van der Waals surface area contributed by atoms with Gasteiger partial charge in [0, 0.05) is 17.6 Å². The van der Waals surface area contributed by atoms with E-state index in [1.54, 1.807) is 37.4 Å². The third kappa shape index (κ3) is 3.45. The minimum atomic E-state index is -0.452. The van der Waals surface area contributed by atoms with Crippen LogP contribution in [0.3, 0.4) is 0 Å². The van der Waals surface area contributed by atoms with E-state index in [1.807, 2.05) is 6.92 Å². The molecule has 104 valence electrons. The van der Waals surface area contributed by atoms with E-state index >= 15 is 0 Å². The van der Waals surface area contributed by atoms with Crippen molar-refractivity contribution in [2.75, 3.05) is 11.9 Å². The van der Waals surface area contributed by atoms with Gasteiger partial charge in [0.25, 0.3) is 0 Å². The molecule has 0 fully saturated rings. The van der Waals surface area contributed by atoms with Crippen molar-refractivity contribution in [3.05, 3.63) is 46.7 Å². The topological polar surface area (TPSA) is 64.1 Å². The van der Waals surface area contributed by atoms with E-state index in [4.69, 9.17) is 16.3 Å². The van der Waals surface area contributed by atoms with Crippen LogP contribution in [-0.4, -0.2) is 22.5 Å². The first-order valence-electron chi connectivity index (χ1n) is 6.13. The van der Waals surface area contributed by atoms with Crippen molar-refractivity contribution in [1.29, 1.82) is 0 Å². The number of hydrogen-bond donors (Lipinski definition) is 1. The number of nitrogens with one attached hydrogen (secondary N) is 1. The molecule has 0 aliphatic rings. The zero-order chi connectivity index (χ0) is 14.5. The van der Waals surface area contributed by atoms with Gasteiger partial charge in [-0.1, -0.05) is 11.6 Å². The molecule has 6 heteroatoms. The smallest absolute Gasteiger partial charge is 0.339 e. The molecule has 1 heterocycles. The lowest BCUT2D eigenvalue weighted by atomic mass is 10.2. The Morgan fingerprint density at radius 3 is 2.90 bits per heavy atom. The summed E-state index contributed by atoms with van der Waals surface area (Å²) in [6, 6.07) is 6.80. The van der Waals surface area contributed by atoms with Gasteiger partial charge in [0.1, 0.15) is 0 Å². The number of anilines is 2. The lowest BCUT2D eigenvalue weighted by molar-refractivity contribution is 0.0526. The molecule has 1 N–H and O–H groups in total. The quantitative estimate of drug-likeness (QED) is 0.875. The minimum absolute atomic E-state index is 0.299. The molecule has 2 rings (SSSR count). The molecular formula is C14H14ClN3O2. The van der Waals surface area contributed by atoms with Gasteiger partial charge in [-0.3, -0.25) is 0 Å². The third-order valence-corrected chi connectivity index (χ3v) is 2.84. The fourth-order valence-electron chi connectivity index (χ4n) is 1.61. The van der Waals surface area contributed by atoms with Crippen molar-refractivity contribution >= 4 is 29.2 Å². The van der Waals surface area contributed by atoms with Crippen LogP contribution in [0.4, 0.5) is 11.6 Å². The van der Waals surface area contributed by atoms with Crippen molar-refractivity contribution in [2.45, 2.75) is 13.8 Å². The number of carbonyl (C=O) groups excluding carboxylic acids is 1. The predicted molar refractivity (Wildman–Crippen MR) is 77.5 cm³/mol. The maximum Gasteiger partial charge on any atom is 0.339 e. The Hall–Kier alpha value is -2.14. The van der Waals surface area contributed by atoms with Crippen LogP contribution in [0, 0.1) is 6.92 Å². The normalized spacial score (nSPS) is 10.2. The van der Waals surface area contributed by atoms with E-state index in [9.17, 15) is 4.79 Å². The molecule has 0 amide bonds. The second-order valence-corrected chi connectivity index (χ2v) is 4.47. The van der Waals surface area contributed by atoms with Gasteiger partial charge in [-0.15, -0.1) is 0 Å². The van der Waals surface area contributed by atoms with Crippen LogP contribution in [0.15, 0.2) is 30.5 Å².